The van der Waals surface area contributed by atoms with Gasteiger partial charge in [-0.1, -0.05) is 91.0 Å². The van der Waals surface area contributed by atoms with Crippen molar-refractivity contribution in [2.45, 2.75) is 0 Å². The van der Waals surface area contributed by atoms with Gasteiger partial charge in [0.05, 0.1) is 0 Å². The normalized spacial score (nSPS) is 12.8. The highest BCUT2D eigenvalue weighted by atomic mass is 19.1. The summed E-state index contributed by atoms with van der Waals surface area (Å²) in [6.07, 6.45) is 0. The highest BCUT2D eigenvalue weighted by molar-refractivity contribution is 7.00. The molecular weight excluding hydrogens is 581 g/mol. The molecule has 7 aromatic carbocycles. The van der Waals surface area contributed by atoms with Crippen molar-refractivity contribution in [3.63, 3.8) is 0 Å². The number of nitrogens with zero attached hydrogens (tertiary/aromatic N) is 2. The first kappa shape index (κ1) is 27.4. The van der Waals surface area contributed by atoms with Crippen LogP contribution in [0.4, 0.5) is 42.9 Å². The lowest BCUT2D eigenvalue weighted by molar-refractivity contribution is 0.628. The molecule has 0 aliphatic carbocycles. The van der Waals surface area contributed by atoms with E-state index in [4.69, 9.17) is 0 Å². The van der Waals surface area contributed by atoms with Gasteiger partial charge in [-0.15, -0.1) is 0 Å². The van der Waals surface area contributed by atoms with Crippen LogP contribution < -0.4 is 26.2 Å². The summed E-state index contributed by atoms with van der Waals surface area (Å²) in [4.78, 5) is 4.47. The molecule has 47 heavy (non-hydrogen) atoms. The highest BCUT2D eigenvalue weighted by Gasteiger charge is 2.43. The van der Waals surface area contributed by atoms with Gasteiger partial charge < -0.3 is 9.80 Å². The van der Waals surface area contributed by atoms with Crippen molar-refractivity contribution in [2.24, 2.45) is 0 Å². The van der Waals surface area contributed by atoms with Crippen molar-refractivity contribution in [2.75, 3.05) is 9.80 Å². The van der Waals surface area contributed by atoms with Gasteiger partial charge in [0.2, 0.25) is 0 Å². The first-order valence-corrected chi connectivity index (χ1v) is 15.8. The number of fused-ring (bicyclic) bond motifs is 4. The summed E-state index contributed by atoms with van der Waals surface area (Å²) in [5.41, 5.74) is 13.3. The Morgan fingerprint density at radius 2 is 0.957 bits per heavy atom. The zero-order valence-electron chi connectivity index (χ0n) is 25.3. The molecule has 0 saturated heterocycles. The van der Waals surface area contributed by atoms with Crippen LogP contribution in [0.1, 0.15) is 0 Å². The molecule has 0 saturated carbocycles. The van der Waals surface area contributed by atoms with Crippen molar-refractivity contribution in [1.82, 2.24) is 0 Å². The fourth-order valence-corrected chi connectivity index (χ4v) is 7.32. The van der Waals surface area contributed by atoms with Gasteiger partial charge in [0.1, 0.15) is 11.6 Å². The van der Waals surface area contributed by atoms with Crippen LogP contribution in [-0.4, -0.2) is 6.71 Å². The van der Waals surface area contributed by atoms with Crippen LogP contribution in [0.2, 0.25) is 0 Å². The van der Waals surface area contributed by atoms with Crippen molar-refractivity contribution >= 4 is 57.2 Å². The Morgan fingerprint density at radius 3 is 1.66 bits per heavy atom. The van der Waals surface area contributed by atoms with Crippen LogP contribution in [0.5, 0.6) is 0 Å². The molecule has 222 valence electrons. The molecule has 0 amide bonds. The van der Waals surface area contributed by atoms with Crippen LogP contribution in [0.15, 0.2) is 164 Å². The number of hydrogen-bond donors (Lipinski definition) is 0. The van der Waals surface area contributed by atoms with Gasteiger partial charge in [0.25, 0.3) is 6.71 Å². The summed E-state index contributed by atoms with van der Waals surface area (Å²) in [5, 5.41) is 0. The number of hydrogen-bond acceptors (Lipinski definition) is 2. The van der Waals surface area contributed by atoms with Gasteiger partial charge in [0.15, 0.2) is 0 Å². The Kier molecular flexibility index (Phi) is 6.32. The summed E-state index contributed by atoms with van der Waals surface area (Å²) in [6, 6.07) is 54.0. The second kappa shape index (κ2) is 10.9. The van der Waals surface area contributed by atoms with Gasteiger partial charge >= 0.3 is 0 Å². The molecule has 0 radical (unpaired) electrons. The quantitative estimate of drug-likeness (QED) is 0.184. The van der Waals surface area contributed by atoms with Crippen LogP contribution in [0.3, 0.4) is 0 Å². The van der Waals surface area contributed by atoms with Gasteiger partial charge in [-0.2, -0.15) is 0 Å². The van der Waals surface area contributed by atoms with E-state index in [9.17, 15) is 4.39 Å². The molecule has 7 aromatic rings. The lowest BCUT2D eigenvalue weighted by Gasteiger charge is -2.44. The molecule has 0 fully saturated rings. The molecule has 0 unspecified atom stereocenters. The minimum Gasteiger partial charge on any atom is -0.311 e. The fourth-order valence-electron chi connectivity index (χ4n) is 7.32. The van der Waals surface area contributed by atoms with Crippen LogP contribution >= 0.6 is 0 Å². The minimum atomic E-state index is -0.300. The Balaban J connectivity index is 1.33. The molecule has 2 aliphatic rings. The minimum absolute atomic E-state index is 0.211. The maximum Gasteiger partial charge on any atom is 0.252 e. The average molecular weight is 609 g/mol. The average Bonchev–Trinajstić information content (AvgIpc) is 3.12. The van der Waals surface area contributed by atoms with Crippen molar-refractivity contribution in [3.05, 3.63) is 175 Å². The number of rotatable bonds is 4. The Morgan fingerprint density at radius 1 is 0.362 bits per heavy atom. The predicted octanol–water partition coefficient (Wildman–Crippen LogP) is 9.38. The number of benzene rings is 7. The van der Waals surface area contributed by atoms with E-state index in [2.05, 4.69) is 119 Å². The highest BCUT2D eigenvalue weighted by Crippen LogP contribution is 2.45. The maximum absolute atomic E-state index is 15.2. The molecule has 0 spiro atoms. The standard InChI is InChI=1S/C42H27BF2N2/c44-32-18-21-34(22-19-32)46-38-24-20-33(45)27-37(38)43-36-23-17-31(29-11-5-2-6-12-29)26-41(36)47(40-16-8-15-39(46)42(40)43)35-14-7-13-30(25-35)28-9-3-1-4-10-28/h1-27H. The SMILES string of the molecule is Fc1ccc(N2c3ccc(F)cc3B3c4ccc(-c5ccccc5)cc4N(c4cccc(-c5ccccc5)c4)c4cccc2c43)cc1. The molecule has 0 N–H and O–H groups in total. The first-order valence-electron chi connectivity index (χ1n) is 15.8. The van der Waals surface area contributed by atoms with Gasteiger partial charge in [-0.05, 0) is 111 Å². The molecule has 2 aliphatic heterocycles. The summed E-state index contributed by atoms with van der Waals surface area (Å²) < 4.78 is 29.3. The van der Waals surface area contributed by atoms with Crippen LogP contribution in [-0.2, 0) is 0 Å². The third-order valence-electron chi connectivity index (χ3n) is 9.36. The van der Waals surface area contributed by atoms with Gasteiger partial charge in [0, 0.05) is 34.1 Å². The maximum atomic E-state index is 15.2. The molecule has 5 heteroatoms. The van der Waals surface area contributed by atoms with E-state index in [1.807, 2.05) is 18.2 Å². The molecule has 9 rings (SSSR count). The van der Waals surface area contributed by atoms with Crippen LogP contribution in [0.25, 0.3) is 22.3 Å². The Hall–Kier alpha value is -5.94. The summed E-state index contributed by atoms with van der Waals surface area (Å²) >= 11 is 0. The van der Waals surface area contributed by atoms with Crippen molar-refractivity contribution < 1.29 is 8.78 Å². The summed E-state index contributed by atoms with van der Waals surface area (Å²) in [7, 11) is 0. The topological polar surface area (TPSA) is 6.48 Å². The van der Waals surface area contributed by atoms with E-state index in [-0.39, 0.29) is 18.3 Å². The Bertz CT molecular complexity index is 2290. The summed E-state index contributed by atoms with van der Waals surface area (Å²) in [5.74, 6) is -0.588. The van der Waals surface area contributed by atoms with Gasteiger partial charge in [-0.25, -0.2) is 8.78 Å². The zero-order chi connectivity index (χ0) is 31.5. The molecule has 0 bridgehead atoms. The van der Waals surface area contributed by atoms with E-state index in [1.165, 1.54) is 18.2 Å². The number of anilines is 6. The second-order valence-corrected chi connectivity index (χ2v) is 12.0. The first-order chi connectivity index (χ1) is 23.1. The summed E-state index contributed by atoms with van der Waals surface area (Å²) in [6.45, 7) is -0.211. The predicted molar refractivity (Wildman–Crippen MR) is 191 cm³/mol. The van der Waals surface area contributed by atoms with E-state index >= 15 is 4.39 Å². The zero-order valence-corrected chi connectivity index (χ0v) is 25.3. The third kappa shape index (κ3) is 4.46. The van der Waals surface area contributed by atoms with Gasteiger partial charge in [-0.3, -0.25) is 0 Å². The van der Waals surface area contributed by atoms with Crippen molar-refractivity contribution in [3.8, 4) is 22.3 Å². The van der Waals surface area contributed by atoms with Crippen LogP contribution in [0, 0.1) is 11.6 Å². The van der Waals surface area contributed by atoms with E-state index in [0.29, 0.717) is 0 Å². The fraction of sp³-hybridized carbons (Fsp3) is 0. The Labute approximate surface area is 272 Å². The molecule has 0 atom stereocenters. The molecule has 2 nitrogen and oxygen atoms in total. The molecule has 2 heterocycles. The smallest absolute Gasteiger partial charge is 0.252 e. The lowest BCUT2D eigenvalue weighted by atomic mass is 9.33. The molecular formula is C42H27BF2N2. The largest absolute Gasteiger partial charge is 0.311 e. The van der Waals surface area contributed by atoms with E-state index < -0.39 is 0 Å². The van der Waals surface area contributed by atoms with E-state index in [0.717, 1.165) is 72.8 Å². The monoisotopic (exact) mass is 608 g/mol. The lowest BCUT2D eigenvalue weighted by Crippen LogP contribution is -2.61. The van der Waals surface area contributed by atoms with E-state index in [1.54, 1.807) is 18.2 Å². The molecule has 0 aromatic heterocycles. The van der Waals surface area contributed by atoms with Crippen molar-refractivity contribution in [1.29, 1.82) is 0 Å². The third-order valence-corrected chi connectivity index (χ3v) is 9.36. The second-order valence-electron chi connectivity index (χ2n) is 12.0. The number of halogens is 2.